The van der Waals surface area contributed by atoms with Crippen LogP contribution in [0.1, 0.15) is 15.6 Å². The first-order valence-electron chi connectivity index (χ1n) is 5.17. The minimum atomic E-state index is -0.0463. The minimum absolute atomic E-state index is 0.0463. The summed E-state index contributed by atoms with van der Waals surface area (Å²) in [6, 6.07) is 3.73. The van der Waals surface area contributed by atoms with Gasteiger partial charge in [0.25, 0.3) is 0 Å². The number of aromatic nitrogens is 1. The molecule has 1 N–H and O–H groups in total. The first-order valence-corrected chi connectivity index (χ1v) is 7.78. The molecule has 2 aromatic rings. The van der Waals surface area contributed by atoms with Gasteiger partial charge >= 0.3 is 0 Å². The number of thiophene rings is 1. The van der Waals surface area contributed by atoms with Gasteiger partial charge in [-0.1, -0.05) is 11.6 Å². The third-order valence-electron chi connectivity index (χ3n) is 2.14. The Morgan fingerprint density at radius 1 is 1.44 bits per heavy atom. The Labute approximate surface area is 123 Å². The third-order valence-corrected chi connectivity index (χ3v) is 4.54. The predicted octanol–water partition coefficient (Wildman–Crippen LogP) is 3.46. The molecule has 0 bridgehead atoms. The van der Waals surface area contributed by atoms with Crippen LogP contribution in [-0.2, 0) is 23.6 Å². The van der Waals surface area contributed by atoms with Crippen LogP contribution in [0.3, 0.4) is 0 Å². The summed E-state index contributed by atoms with van der Waals surface area (Å²) in [5.41, 5.74) is 0.814. The van der Waals surface area contributed by atoms with Gasteiger partial charge in [-0.2, -0.15) is 0 Å². The molecule has 2 heterocycles. The molecule has 0 unspecified atom stereocenters. The van der Waals surface area contributed by atoms with Crippen LogP contribution in [0, 0.1) is 0 Å². The zero-order valence-corrected chi connectivity index (χ0v) is 12.4. The molecule has 96 valence electrons. The summed E-state index contributed by atoms with van der Waals surface area (Å²) in [5, 5.41) is 5.49. The molecule has 0 aromatic carbocycles. The number of hydrogen-bond donors (Lipinski definition) is 1. The fourth-order valence-corrected chi connectivity index (χ4v) is 3.37. The minimum Gasteiger partial charge on any atom is -0.351 e. The number of amides is 1. The Bertz CT molecular complexity index is 539. The lowest BCUT2D eigenvalue weighted by Gasteiger charge is -2.01. The van der Waals surface area contributed by atoms with Crippen LogP contribution in [0.5, 0.6) is 0 Å². The zero-order chi connectivity index (χ0) is 13.0. The van der Waals surface area contributed by atoms with Crippen molar-refractivity contribution in [3.05, 3.63) is 37.4 Å². The summed E-state index contributed by atoms with van der Waals surface area (Å²) < 4.78 is 0.728. The van der Waals surface area contributed by atoms with Crippen molar-refractivity contribution in [2.24, 2.45) is 0 Å². The number of alkyl halides is 1. The molecule has 2 rings (SSSR count). The van der Waals surface area contributed by atoms with Crippen LogP contribution in [0.4, 0.5) is 0 Å². The molecule has 2 aromatic heterocycles. The van der Waals surface area contributed by atoms with Crippen LogP contribution in [0.15, 0.2) is 17.5 Å². The van der Waals surface area contributed by atoms with Crippen molar-refractivity contribution >= 4 is 51.8 Å². The lowest BCUT2D eigenvalue weighted by molar-refractivity contribution is -0.120. The van der Waals surface area contributed by atoms with Crippen molar-refractivity contribution in [2.45, 2.75) is 18.8 Å². The summed E-state index contributed by atoms with van der Waals surface area (Å²) in [4.78, 5) is 17.0. The molecule has 0 atom stereocenters. The van der Waals surface area contributed by atoms with Crippen LogP contribution in [-0.4, -0.2) is 10.9 Å². The maximum absolute atomic E-state index is 11.7. The molecule has 0 saturated heterocycles. The van der Waals surface area contributed by atoms with Crippen molar-refractivity contribution in [2.75, 3.05) is 0 Å². The standard InChI is InChI=1S/C11H10Cl2N2OS2/c12-4-7-6-17-11(15-7)3-10(16)14-5-8-1-2-9(13)18-8/h1-2,6H,3-5H2,(H,14,16). The lowest BCUT2D eigenvalue weighted by atomic mass is 10.4. The van der Waals surface area contributed by atoms with Gasteiger partial charge in [0.1, 0.15) is 5.01 Å². The number of thiazole rings is 1. The van der Waals surface area contributed by atoms with E-state index in [9.17, 15) is 4.79 Å². The van der Waals surface area contributed by atoms with E-state index in [0.717, 1.165) is 19.9 Å². The highest BCUT2D eigenvalue weighted by atomic mass is 35.5. The molecule has 0 radical (unpaired) electrons. The Kier molecular flexibility index (Phi) is 5.00. The molecule has 1 amide bonds. The SMILES string of the molecule is O=C(Cc1nc(CCl)cs1)NCc1ccc(Cl)s1. The van der Waals surface area contributed by atoms with Gasteiger partial charge < -0.3 is 5.32 Å². The van der Waals surface area contributed by atoms with E-state index in [4.69, 9.17) is 23.2 Å². The molecule has 0 aliphatic carbocycles. The fraction of sp³-hybridized carbons (Fsp3) is 0.273. The molecule has 18 heavy (non-hydrogen) atoms. The van der Waals surface area contributed by atoms with Crippen LogP contribution in [0.25, 0.3) is 0 Å². The second-order valence-electron chi connectivity index (χ2n) is 3.53. The molecule has 0 spiro atoms. The molecule has 0 fully saturated rings. The zero-order valence-electron chi connectivity index (χ0n) is 9.28. The number of carbonyl (C=O) groups is 1. The quantitative estimate of drug-likeness (QED) is 0.857. The Morgan fingerprint density at radius 2 is 2.28 bits per heavy atom. The Balaban J connectivity index is 1.81. The maximum Gasteiger partial charge on any atom is 0.227 e. The number of halogens is 2. The van der Waals surface area contributed by atoms with Gasteiger partial charge in [0.15, 0.2) is 0 Å². The van der Waals surface area contributed by atoms with E-state index in [1.807, 2.05) is 17.5 Å². The van der Waals surface area contributed by atoms with E-state index in [1.165, 1.54) is 22.7 Å². The smallest absolute Gasteiger partial charge is 0.227 e. The van der Waals surface area contributed by atoms with Gasteiger partial charge in [-0.05, 0) is 12.1 Å². The highest BCUT2D eigenvalue weighted by molar-refractivity contribution is 7.16. The summed E-state index contributed by atoms with van der Waals surface area (Å²) in [6.07, 6.45) is 0.292. The number of nitrogens with one attached hydrogen (secondary N) is 1. The Morgan fingerprint density at radius 3 is 2.89 bits per heavy atom. The summed E-state index contributed by atoms with van der Waals surface area (Å²) in [5.74, 6) is 0.334. The lowest BCUT2D eigenvalue weighted by Crippen LogP contribution is -2.24. The second-order valence-corrected chi connectivity index (χ2v) is 6.54. The first-order chi connectivity index (χ1) is 8.67. The van der Waals surface area contributed by atoms with E-state index < -0.39 is 0 Å². The van der Waals surface area contributed by atoms with Crippen LogP contribution >= 0.6 is 45.9 Å². The van der Waals surface area contributed by atoms with E-state index in [0.29, 0.717) is 18.8 Å². The topological polar surface area (TPSA) is 42.0 Å². The van der Waals surface area contributed by atoms with E-state index in [1.54, 1.807) is 0 Å². The molecule has 0 aliphatic rings. The fourth-order valence-electron chi connectivity index (χ4n) is 1.32. The van der Waals surface area contributed by atoms with E-state index in [-0.39, 0.29) is 5.91 Å². The highest BCUT2D eigenvalue weighted by Gasteiger charge is 2.08. The summed E-state index contributed by atoms with van der Waals surface area (Å²) in [7, 11) is 0. The average molecular weight is 321 g/mol. The number of nitrogens with zero attached hydrogens (tertiary/aromatic N) is 1. The van der Waals surface area contributed by atoms with Gasteiger partial charge in [-0.25, -0.2) is 4.98 Å². The molecular weight excluding hydrogens is 311 g/mol. The molecule has 0 saturated carbocycles. The van der Waals surface area contributed by atoms with Crippen molar-refractivity contribution in [1.29, 1.82) is 0 Å². The van der Waals surface area contributed by atoms with Gasteiger partial charge in [0, 0.05) is 10.3 Å². The summed E-state index contributed by atoms with van der Waals surface area (Å²) in [6.45, 7) is 0.504. The molecule has 0 aliphatic heterocycles. The highest BCUT2D eigenvalue weighted by Crippen LogP contribution is 2.21. The predicted molar refractivity (Wildman–Crippen MR) is 76.6 cm³/mol. The molecule has 7 heteroatoms. The molecular formula is C11H10Cl2N2OS2. The second kappa shape index (κ2) is 6.52. The maximum atomic E-state index is 11.7. The van der Waals surface area contributed by atoms with E-state index >= 15 is 0 Å². The van der Waals surface area contributed by atoms with E-state index in [2.05, 4.69) is 10.3 Å². The van der Waals surface area contributed by atoms with Gasteiger partial charge in [-0.3, -0.25) is 4.79 Å². The number of rotatable bonds is 5. The molecule has 3 nitrogen and oxygen atoms in total. The number of carbonyl (C=O) groups excluding carboxylic acids is 1. The Hall–Kier alpha value is -0.620. The van der Waals surface area contributed by atoms with Crippen LogP contribution in [0.2, 0.25) is 4.34 Å². The largest absolute Gasteiger partial charge is 0.351 e. The van der Waals surface area contributed by atoms with Crippen molar-refractivity contribution in [1.82, 2.24) is 10.3 Å². The normalized spacial score (nSPS) is 10.6. The van der Waals surface area contributed by atoms with Gasteiger partial charge in [0.2, 0.25) is 5.91 Å². The third kappa shape index (κ3) is 3.95. The monoisotopic (exact) mass is 320 g/mol. The van der Waals surface area contributed by atoms with Gasteiger partial charge in [-0.15, -0.1) is 34.3 Å². The van der Waals surface area contributed by atoms with Gasteiger partial charge in [0.05, 0.1) is 28.9 Å². The number of hydrogen-bond acceptors (Lipinski definition) is 4. The first kappa shape index (κ1) is 13.8. The summed E-state index contributed by atoms with van der Waals surface area (Å²) >= 11 is 14.4. The van der Waals surface area contributed by atoms with Crippen LogP contribution < -0.4 is 5.32 Å². The average Bonchev–Trinajstić information content (AvgIpc) is 2.95. The van der Waals surface area contributed by atoms with Crippen molar-refractivity contribution in [3.63, 3.8) is 0 Å². The van der Waals surface area contributed by atoms with Crippen molar-refractivity contribution < 1.29 is 4.79 Å². The van der Waals surface area contributed by atoms with Crippen molar-refractivity contribution in [3.8, 4) is 0 Å².